The van der Waals surface area contributed by atoms with Crippen LogP contribution < -0.4 is 10.1 Å². The third-order valence-electron chi connectivity index (χ3n) is 3.91. The first-order valence-corrected chi connectivity index (χ1v) is 7.00. The molecule has 100 valence electrons. The summed E-state index contributed by atoms with van der Waals surface area (Å²) in [4.78, 5) is 0. The molecule has 3 unspecified atom stereocenters. The summed E-state index contributed by atoms with van der Waals surface area (Å²) >= 11 is 0. The fraction of sp³-hybridized carbons (Fsp3) is 0.625. The van der Waals surface area contributed by atoms with E-state index < -0.39 is 0 Å². The fourth-order valence-corrected chi connectivity index (χ4v) is 2.96. The highest BCUT2D eigenvalue weighted by molar-refractivity contribution is 5.33. The number of hydrogen-bond acceptors (Lipinski definition) is 2. The molecular weight excluding hydrogens is 222 g/mol. The first kappa shape index (κ1) is 13.4. The van der Waals surface area contributed by atoms with Crippen LogP contribution in [-0.4, -0.2) is 19.2 Å². The number of ether oxygens (including phenoxy) is 1. The lowest BCUT2D eigenvalue weighted by Gasteiger charge is -2.35. The molecule has 18 heavy (non-hydrogen) atoms. The average Bonchev–Trinajstić information content (AvgIpc) is 2.27. The Labute approximate surface area is 111 Å². The quantitative estimate of drug-likeness (QED) is 0.883. The maximum atomic E-state index is 6.23. The maximum absolute atomic E-state index is 6.23. The van der Waals surface area contributed by atoms with Crippen molar-refractivity contribution in [2.45, 2.75) is 52.2 Å². The van der Waals surface area contributed by atoms with E-state index in [0.717, 1.165) is 18.1 Å². The number of aryl methyl sites for hydroxylation is 2. The van der Waals surface area contributed by atoms with Gasteiger partial charge in [0.15, 0.2) is 0 Å². The number of benzene rings is 1. The molecule has 3 atom stereocenters. The SMILES string of the molecule is CNC1CCC(C)CC1Oc1cc(C)cc(C)c1. The highest BCUT2D eigenvalue weighted by Gasteiger charge is 2.29. The molecule has 2 nitrogen and oxygen atoms in total. The molecule has 0 heterocycles. The van der Waals surface area contributed by atoms with Crippen molar-refractivity contribution in [3.8, 4) is 5.75 Å². The van der Waals surface area contributed by atoms with Crippen LogP contribution in [-0.2, 0) is 0 Å². The number of nitrogens with one attached hydrogen (secondary N) is 1. The molecule has 1 aromatic rings. The van der Waals surface area contributed by atoms with Crippen LogP contribution in [0.1, 0.15) is 37.3 Å². The molecule has 0 bridgehead atoms. The Morgan fingerprint density at radius 3 is 2.39 bits per heavy atom. The third-order valence-corrected chi connectivity index (χ3v) is 3.91. The van der Waals surface area contributed by atoms with E-state index in [0.29, 0.717) is 12.1 Å². The second-order valence-corrected chi connectivity index (χ2v) is 5.79. The molecule has 0 aromatic heterocycles. The highest BCUT2D eigenvalue weighted by atomic mass is 16.5. The van der Waals surface area contributed by atoms with Gasteiger partial charge in [0.1, 0.15) is 11.9 Å². The van der Waals surface area contributed by atoms with Crippen LogP contribution in [0.5, 0.6) is 5.75 Å². The van der Waals surface area contributed by atoms with Crippen molar-refractivity contribution in [2.75, 3.05) is 7.05 Å². The molecule has 1 fully saturated rings. The van der Waals surface area contributed by atoms with E-state index in [2.05, 4.69) is 44.3 Å². The minimum Gasteiger partial charge on any atom is -0.489 e. The summed E-state index contributed by atoms with van der Waals surface area (Å²) in [5, 5.41) is 3.40. The van der Waals surface area contributed by atoms with Crippen molar-refractivity contribution in [3.05, 3.63) is 29.3 Å². The molecule has 1 aromatic carbocycles. The molecule has 0 spiro atoms. The molecular formula is C16H25NO. The summed E-state index contributed by atoms with van der Waals surface area (Å²) < 4.78 is 6.23. The van der Waals surface area contributed by atoms with Gasteiger partial charge in [-0.25, -0.2) is 0 Å². The fourth-order valence-electron chi connectivity index (χ4n) is 2.96. The lowest BCUT2D eigenvalue weighted by Crippen LogP contribution is -2.45. The molecule has 1 N–H and O–H groups in total. The Morgan fingerprint density at radius 2 is 1.78 bits per heavy atom. The Morgan fingerprint density at radius 1 is 1.11 bits per heavy atom. The molecule has 2 rings (SSSR count). The van der Waals surface area contributed by atoms with Crippen LogP contribution in [0, 0.1) is 19.8 Å². The van der Waals surface area contributed by atoms with E-state index in [-0.39, 0.29) is 0 Å². The molecule has 0 amide bonds. The van der Waals surface area contributed by atoms with Crippen LogP contribution in [0.4, 0.5) is 0 Å². The Hall–Kier alpha value is -1.02. The molecule has 1 aliphatic carbocycles. The number of rotatable bonds is 3. The molecule has 1 saturated carbocycles. The van der Waals surface area contributed by atoms with Crippen LogP contribution in [0.2, 0.25) is 0 Å². The van der Waals surface area contributed by atoms with Gasteiger partial charge in [-0.2, -0.15) is 0 Å². The molecule has 2 heteroatoms. The van der Waals surface area contributed by atoms with Gasteiger partial charge < -0.3 is 10.1 Å². The minimum atomic E-state index is 0.306. The largest absolute Gasteiger partial charge is 0.489 e. The lowest BCUT2D eigenvalue weighted by atomic mass is 9.85. The van der Waals surface area contributed by atoms with Gasteiger partial charge in [0, 0.05) is 6.04 Å². The Kier molecular flexibility index (Phi) is 4.28. The summed E-state index contributed by atoms with van der Waals surface area (Å²) in [6.07, 6.45) is 3.98. The predicted molar refractivity (Wildman–Crippen MR) is 76.2 cm³/mol. The van der Waals surface area contributed by atoms with Gasteiger partial charge in [-0.15, -0.1) is 0 Å². The average molecular weight is 247 g/mol. The Balaban J connectivity index is 2.10. The van der Waals surface area contributed by atoms with E-state index >= 15 is 0 Å². The predicted octanol–water partition coefficient (Wildman–Crippen LogP) is 3.46. The van der Waals surface area contributed by atoms with Gasteiger partial charge in [0.05, 0.1) is 0 Å². The summed E-state index contributed by atoms with van der Waals surface area (Å²) in [7, 11) is 2.04. The van der Waals surface area contributed by atoms with E-state index in [1.54, 1.807) is 0 Å². The second-order valence-electron chi connectivity index (χ2n) is 5.79. The van der Waals surface area contributed by atoms with E-state index in [1.807, 2.05) is 7.05 Å². The van der Waals surface area contributed by atoms with Gasteiger partial charge in [0.2, 0.25) is 0 Å². The standard InChI is InChI=1S/C16H25NO/c1-11-5-6-15(17-4)16(10-11)18-14-8-12(2)7-13(3)9-14/h7-9,11,15-17H,5-6,10H2,1-4H3. The monoisotopic (exact) mass is 247 g/mol. The maximum Gasteiger partial charge on any atom is 0.120 e. The van der Waals surface area contributed by atoms with Gasteiger partial charge in [-0.05, 0) is 69.3 Å². The number of hydrogen-bond donors (Lipinski definition) is 1. The number of likely N-dealkylation sites (N-methyl/N-ethyl adjacent to an activating group) is 1. The zero-order chi connectivity index (χ0) is 13.1. The first-order chi connectivity index (χ1) is 8.58. The third kappa shape index (κ3) is 3.26. The first-order valence-electron chi connectivity index (χ1n) is 7.00. The molecule has 0 radical (unpaired) electrons. The smallest absolute Gasteiger partial charge is 0.120 e. The van der Waals surface area contributed by atoms with Crippen molar-refractivity contribution in [1.82, 2.24) is 5.32 Å². The lowest BCUT2D eigenvalue weighted by molar-refractivity contribution is 0.0943. The van der Waals surface area contributed by atoms with Crippen molar-refractivity contribution in [1.29, 1.82) is 0 Å². The van der Waals surface area contributed by atoms with Gasteiger partial charge in [-0.1, -0.05) is 13.0 Å². The summed E-state index contributed by atoms with van der Waals surface area (Å²) in [6, 6.07) is 6.95. The minimum absolute atomic E-state index is 0.306. The van der Waals surface area contributed by atoms with Crippen LogP contribution in [0.15, 0.2) is 18.2 Å². The van der Waals surface area contributed by atoms with E-state index in [4.69, 9.17) is 4.74 Å². The normalized spacial score (nSPS) is 28.1. The topological polar surface area (TPSA) is 21.3 Å². The van der Waals surface area contributed by atoms with Crippen molar-refractivity contribution in [3.63, 3.8) is 0 Å². The summed E-state index contributed by atoms with van der Waals surface area (Å²) in [5.74, 6) is 1.79. The Bertz CT molecular complexity index is 382. The van der Waals surface area contributed by atoms with Crippen LogP contribution in [0.25, 0.3) is 0 Å². The molecule has 0 aliphatic heterocycles. The van der Waals surface area contributed by atoms with E-state index in [9.17, 15) is 0 Å². The van der Waals surface area contributed by atoms with Gasteiger partial charge in [-0.3, -0.25) is 0 Å². The van der Waals surface area contributed by atoms with Crippen molar-refractivity contribution < 1.29 is 4.74 Å². The van der Waals surface area contributed by atoms with Crippen LogP contribution >= 0.6 is 0 Å². The van der Waals surface area contributed by atoms with E-state index in [1.165, 1.54) is 24.0 Å². The van der Waals surface area contributed by atoms with Crippen molar-refractivity contribution in [2.24, 2.45) is 5.92 Å². The summed E-state index contributed by atoms with van der Waals surface area (Å²) in [6.45, 7) is 6.57. The van der Waals surface area contributed by atoms with Crippen LogP contribution in [0.3, 0.4) is 0 Å². The molecule has 1 aliphatic rings. The summed E-state index contributed by atoms with van der Waals surface area (Å²) in [5.41, 5.74) is 2.55. The zero-order valence-corrected chi connectivity index (χ0v) is 12.0. The second kappa shape index (κ2) is 5.75. The zero-order valence-electron chi connectivity index (χ0n) is 12.0. The highest BCUT2D eigenvalue weighted by Crippen LogP contribution is 2.28. The van der Waals surface area contributed by atoms with Gasteiger partial charge >= 0.3 is 0 Å². The molecule has 0 saturated heterocycles. The van der Waals surface area contributed by atoms with Crippen molar-refractivity contribution >= 4 is 0 Å². The van der Waals surface area contributed by atoms with Gasteiger partial charge in [0.25, 0.3) is 0 Å².